The van der Waals surface area contributed by atoms with Gasteiger partial charge >= 0.3 is 0 Å². The third kappa shape index (κ3) is 4.85. The van der Waals surface area contributed by atoms with Crippen LogP contribution in [0.2, 0.25) is 0 Å². The average molecular weight is 376 g/mol. The number of methoxy groups -OCH3 is 1. The molecule has 28 heavy (non-hydrogen) atoms. The van der Waals surface area contributed by atoms with Gasteiger partial charge in [0.2, 0.25) is 0 Å². The maximum atomic E-state index is 12.7. The molecule has 2 aromatic carbocycles. The molecule has 3 rings (SSSR count). The third-order valence-electron chi connectivity index (χ3n) is 4.39. The first-order valence-corrected chi connectivity index (χ1v) is 9.28. The molecule has 0 radical (unpaired) electrons. The normalized spacial score (nSPS) is 10.4. The van der Waals surface area contributed by atoms with Crippen molar-refractivity contribution in [1.29, 1.82) is 0 Å². The zero-order valence-corrected chi connectivity index (χ0v) is 16.1. The summed E-state index contributed by atoms with van der Waals surface area (Å²) >= 11 is 0. The fourth-order valence-corrected chi connectivity index (χ4v) is 2.86. The van der Waals surface area contributed by atoms with Crippen molar-refractivity contribution in [1.82, 2.24) is 10.2 Å². The first-order chi connectivity index (χ1) is 13.7. The lowest BCUT2D eigenvalue weighted by Crippen LogP contribution is -2.31. The van der Waals surface area contributed by atoms with Crippen LogP contribution in [0.1, 0.15) is 23.0 Å². The van der Waals surface area contributed by atoms with Gasteiger partial charge in [-0.3, -0.25) is 4.79 Å². The molecule has 3 aromatic rings. The van der Waals surface area contributed by atoms with Crippen LogP contribution in [-0.4, -0.2) is 36.3 Å². The monoisotopic (exact) mass is 376 g/mol. The molecule has 0 bridgehead atoms. The van der Waals surface area contributed by atoms with Gasteiger partial charge in [0, 0.05) is 18.8 Å². The Bertz CT molecular complexity index is 881. The highest BCUT2D eigenvalue weighted by Crippen LogP contribution is 2.16. The van der Waals surface area contributed by atoms with Gasteiger partial charge in [0.15, 0.2) is 5.69 Å². The van der Waals surface area contributed by atoms with Crippen LogP contribution in [0.5, 0.6) is 5.75 Å². The van der Waals surface area contributed by atoms with E-state index in [1.54, 1.807) is 24.1 Å². The maximum Gasteiger partial charge on any atom is 0.278 e. The van der Waals surface area contributed by atoms with Gasteiger partial charge in [0.05, 0.1) is 7.11 Å². The smallest absolute Gasteiger partial charge is 0.278 e. The van der Waals surface area contributed by atoms with Crippen LogP contribution in [0.3, 0.4) is 0 Å². The summed E-state index contributed by atoms with van der Waals surface area (Å²) in [5, 5.41) is 11.5. The molecule has 144 valence electrons. The zero-order chi connectivity index (χ0) is 19.8. The molecule has 0 atom stereocenters. The quantitative estimate of drug-likeness (QED) is 0.648. The van der Waals surface area contributed by atoms with Crippen LogP contribution in [-0.2, 0) is 6.42 Å². The maximum absolute atomic E-state index is 12.7. The first kappa shape index (κ1) is 19.4. The lowest BCUT2D eigenvalue weighted by molar-refractivity contribution is 0.0982. The molecular formula is C22H24N4O2. The fraction of sp³-hybridized carbons (Fsp3) is 0.227. The van der Waals surface area contributed by atoms with E-state index < -0.39 is 0 Å². The number of amides is 1. The van der Waals surface area contributed by atoms with E-state index in [0.29, 0.717) is 18.1 Å². The van der Waals surface area contributed by atoms with Gasteiger partial charge < -0.3 is 15.0 Å². The van der Waals surface area contributed by atoms with Crippen molar-refractivity contribution in [3.05, 3.63) is 78.0 Å². The number of carbonyl (C=O) groups excluding carboxylic acids is 1. The second-order valence-corrected chi connectivity index (χ2v) is 6.21. The second kappa shape index (κ2) is 9.50. The van der Waals surface area contributed by atoms with Gasteiger partial charge in [-0.05, 0) is 55.3 Å². The van der Waals surface area contributed by atoms with Crippen LogP contribution < -0.4 is 15.0 Å². The van der Waals surface area contributed by atoms with Crippen molar-refractivity contribution < 1.29 is 9.53 Å². The predicted octanol–water partition coefficient (Wildman–Crippen LogP) is 3.81. The molecule has 0 spiro atoms. The van der Waals surface area contributed by atoms with Crippen molar-refractivity contribution in [3.63, 3.8) is 0 Å². The van der Waals surface area contributed by atoms with Crippen molar-refractivity contribution in [2.45, 2.75) is 13.3 Å². The van der Waals surface area contributed by atoms with Crippen molar-refractivity contribution in [2.24, 2.45) is 0 Å². The molecule has 0 saturated carbocycles. The number of benzene rings is 2. The van der Waals surface area contributed by atoms with Crippen molar-refractivity contribution >= 4 is 17.4 Å². The standard InChI is InChI=1S/C22H24N4O2/c1-3-26(18-7-5-4-6-8-18)22(27)20-13-14-21(25-24-20)23-16-15-17-9-11-19(28-2)12-10-17/h4-14H,3,15-16H2,1-2H3,(H,23,25). The Hall–Kier alpha value is -3.41. The van der Waals surface area contributed by atoms with E-state index in [1.165, 1.54) is 5.56 Å². The number of ether oxygens (including phenoxy) is 1. The topological polar surface area (TPSA) is 67.4 Å². The van der Waals surface area contributed by atoms with Crippen LogP contribution in [0.15, 0.2) is 66.7 Å². The average Bonchev–Trinajstić information content (AvgIpc) is 2.76. The Morgan fingerprint density at radius 3 is 2.36 bits per heavy atom. The van der Waals surface area contributed by atoms with E-state index in [9.17, 15) is 4.79 Å². The van der Waals surface area contributed by atoms with E-state index in [0.717, 1.165) is 24.4 Å². The van der Waals surface area contributed by atoms with E-state index >= 15 is 0 Å². The molecule has 1 heterocycles. The number of nitrogens with one attached hydrogen (secondary N) is 1. The second-order valence-electron chi connectivity index (χ2n) is 6.21. The third-order valence-corrected chi connectivity index (χ3v) is 4.39. The summed E-state index contributed by atoms with van der Waals surface area (Å²) in [5.74, 6) is 1.33. The Morgan fingerprint density at radius 1 is 1.00 bits per heavy atom. The van der Waals surface area contributed by atoms with Gasteiger partial charge in [-0.25, -0.2) is 0 Å². The minimum absolute atomic E-state index is 0.161. The number of hydrogen-bond acceptors (Lipinski definition) is 5. The van der Waals surface area contributed by atoms with E-state index in [4.69, 9.17) is 4.74 Å². The Balaban J connectivity index is 1.57. The molecule has 0 aliphatic heterocycles. The Labute approximate surface area is 165 Å². The number of aromatic nitrogens is 2. The summed E-state index contributed by atoms with van der Waals surface area (Å²) in [6, 6.07) is 21.0. The lowest BCUT2D eigenvalue weighted by atomic mass is 10.1. The van der Waals surface area contributed by atoms with E-state index in [2.05, 4.69) is 15.5 Å². The molecule has 6 nitrogen and oxygen atoms in total. The minimum atomic E-state index is -0.161. The molecule has 0 fully saturated rings. The molecule has 6 heteroatoms. The Kier molecular flexibility index (Phi) is 6.57. The molecule has 0 unspecified atom stereocenters. The first-order valence-electron chi connectivity index (χ1n) is 9.28. The lowest BCUT2D eigenvalue weighted by Gasteiger charge is -2.20. The predicted molar refractivity (Wildman–Crippen MR) is 111 cm³/mol. The summed E-state index contributed by atoms with van der Waals surface area (Å²) in [7, 11) is 1.66. The highest BCUT2D eigenvalue weighted by atomic mass is 16.5. The SMILES string of the molecule is CCN(C(=O)c1ccc(NCCc2ccc(OC)cc2)nn1)c1ccccc1. The summed E-state index contributed by atoms with van der Waals surface area (Å²) in [5.41, 5.74) is 2.37. The number of anilines is 2. The molecule has 1 N–H and O–H groups in total. The largest absolute Gasteiger partial charge is 0.497 e. The van der Waals surface area contributed by atoms with Gasteiger partial charge in [0.25, 0.3) is 5.91 Å². The number of hydrogen-bond donors (Lipinski definition) is 1. The molecular weight excluding hydrogens is 352 g/mol. The van der Waals surface area contributed by atoms with E-state index in [1.807, 2.05) is 61.5 Å². The van der Waals surface area contributed by atoms with Gasteiger partial charge in [-0.15, -0.1) is 10.2 Å². The molecule has 0 saturated heterocycles. The van der Waals surface area contributed by atoms with Crippen LogP contribution >= 0.6 is 0 Å². The molecule has 0 aliphatic carbocycles. The zero-order valence-electron chi connectivity index (χ0n) is 16.1. The van der Waals surface area contributed by atoms with Gasteiger partial charge in [-0.1, -0.05) is 30.3 Å². The summed E-state index contributed by atoms with van der Waals surface area (Å²) in [4.78, 5) is 14.4. The highest BCUT2D eigenvalue weighted by Gasteiger charge is 2.17. The minimum Gasteiger partial charge on any atom is -0.497 e. The van der Waals surface area contributed by atoms with Crippen molar-refractivity contribution in [2.75, 3.05) is 30.4 Å². The summed E-state index contributed by atoms with van der Waals surface area (Å²) in [6.07, 6.45) is 0.851. The summed E-state index contributed by atoms with van der Waals surface area (Å²) < 4.78 is 5.16. The van der Waals surface area contributed by atoms with Crippen LogP contribution in [0, 0.1) is 0 Å². The number of nitrogens with zero attached hydrogens (tertiary/aromatic N) is 3. The molecule has 0 aliphatic rings. The number of rotatable bonds is 8. The molecule has 1 amide bonds. The van der Waals surface area contributed by atoms with Gasteiger partial charge in [-0.2, -0.15) is 0 Å². The highest BCUT2D eigenvalue weighted by molar-refractivity contribution is 6.04. The number of para-hydroxylation sites is 1. The van der Waals surface area contributed by atoms with Gasteiger partial charge in [0.1, 0.15) is 11.6 Å². The Morgan fingerprint density at radius 2 is 1.75 bits per heavy atom. The number of carbonyl (C=O) groups is 1. The summed E-state index contributed by atoms with van der Waals surface area (Å²) in [6.45, 7) is 3.22. The molecule has 1 aromatic heterocycles. The van der Waals surface area contributed by atoms with Crippen LogP contribution in [0.25, 0.3) is 0 Å². The fourth-order valence-electron chi connectivity index (χ4n) is 2.86. The van der Waals surface area contributed by atoms with Crippen LogP contribution in [0.4, 0.5) is 11.5 Å². The van der Waals surface area contributed by atoms with Crippen molar-refractivity contribution in [3.8, 4) is 5.75 Å². The van der Waals surface area contributed by atoms with E-state index in [-0.39, 0.29) is 5.91 Å².